The Balaban J connectivity index is 1.48. The zero-order chi connectivity index (χ0) is 17.6. The van der Waals surface area contributed by atoms with Crippen LogP contribution in [0.4, 0.5) is 0 Å². The lowest BCUT2D eigenvalue weighted by atomic mass is 9.96. The molecule has 1 aliphatic rings. The normalized spacial score (nSPS) is 15.9. The molecule has 6 heteroatoms. The van der Waals surface area contributed by atoms with E-state index in [1.54, 1.807) is 4.68 Å². The van der Waals surface area contributed by atoms with E-state index in [2.05, 4.69) is 10.1 Å². The van der Waals surface area contributed by atoms with E-state index in [1.807, 2.05) is 50.1 Å². The van der Waals surface area contributed by atoms with E-state index in [4.69, 9.17) is 4.42 Å². The second-order valence-electron chi connectivity index (χ2n) is 6.76. The molecule has 3 heterocycles. The highest BCUT2D eigenvalue weighted by atomic mass is 16.3. The molecule has 0 spiro atoms. The van der Waals surface area contributed by atoms with Crippen molar-refractivity contribution in [3.8, 4) is 0 Å². The lowest BCUT2D eigenvalue weighted by Crippen LogP contribution is -2.38. The Labute approximate surface area is 146 Å². The van der Waals surface area contributed by atoms with Gasteiger partial charge in [0, 0.05) is 31.7 Å². The number of benzene rings is 1. The van der Waals surface area contributed by atoms with Crippen LogP contribution >= 0.6 is 0 Å². The molecule has 4 rings (SSSR count). The predicted octanol–water partition coefficient (Wildman–Crippen LogP) is 3.20. The molecule has 3 aromatic rings. The number of amides is 1. The zero-order valence-corrected chi connectivity index (χ0v) is 14.8. The summed E-state index contributed by atoms with van der Waals surface area (Å²) in [5.74, 6) is 1.15. The molecule has 0 N–H and O–H groups in total. The maximum absolute atomic E-state index is 12.9. The van der Waals surface area contributed by atoms with Crippen molar-refractivity contribution in [3.05, 3.63) is 47.1 Å². The molecule has 25 heavy (non-hydrogen) atoms. The number of hydrogen-bond acceptors (Lipinski definition) is 4. The number of carbonyl (C=O) groups excluding carboxylic acids is 1. The standard InChI is InChI=1S/C19H22N4O2/c1-12-17(13(2)22(3)21-12)19(24)23-10-8-14(9-11-23)18-20-15-6-4-5-7-16(15)25-18/h4-7,14H,8-11H2,1-3H3. The Kier molecular flexibility index (Phi) is 3.82. The number of hydrogen-bond donors (Lipinski definition) is 0. The van der Waals surface area contributed by atoms with Crippen molar-refractivity contribution in [2.45, 2.75) is 32.6 Å². The van der Waals surface area contributed by atoms with Crippen LogP contribution in [-0.4, -0.2) is 38.7 Å². The van der Waals surface area contributed by atoms with E-state index in [0.29, 0.717) is 0 Å². The Hall–Kier alpha value is -2.63. The molecule has 0 saturated carbocycles. The lowest BCUT2D eigenvalue weighted by molar-refractivity contribution is 0.0705. The van der Waals surface area contributed by atoms with Crippen LogP contribution in [0.5, 0.6) is 0 Å². The average molecular weight is 338 g/mol. The van der Waals surface area contributed by atoms with Gasteiger partial charge in [-0.15, -0.1) is 0 Å². The van der Waals surface area contributed by atoms with Crippen LogP contribution in [0.2, 0.25) is 0 Å². The quantitative estimate of drug-likeness (QED) is 0.720. The maximum atomic E-state index is 12.9. The van der Waals surface area contributed by atoms with Gasteiger partial charge in [-0.1, -0.05) is 12.1 Å². The molecular formula is C19H22N4O2. The van der Waals surface area contributed by atoms with Crippen molar-refractivity contribution in [1.29, 1.82) is 0 Å². The highest BCUT2D eigenvalue weighted by Gasteiger charge is 2.29. The number of fused-ring (bicyclic) bond motifs is 1. The largest absolute Gasteiger partial charge is 0.440 e. The fourth-order valence-electron chi connectivity index (χ4n) is 3.64. The number of piperidine rings is 1. The van der Waals surface area contributed by atoms with Crippen molar-refractivity contribution in [3.63, 3.8) is 0 Å². The van der Waals surface area contributed by atoms with Gasteiger partial charge < -0.3 is 9.32 Å². The summed E-state index contributed by atoms with van der Waals surface area (Å²) in [5, 5.41) is 4.36. The van der Waals surface area contributed by atoms with Gasteiger partial charge in [0.15, 0.2) is 11.5 Å². The van der Waals surface area contributed by atoms with Crippen LogP contribution in [0, 0.1) is 13.8 Å². The van der Waals surface area contributed by atoms with Crippen molar-refractivity contribution in [1.82, 2.24) is 19.7 Å². The first kappa shape index (κ1) is 15.9. The minimum atomic E-state index is 0.0825. The SMILES string of the molecule is Cc1nn(C)c(C)c1C(=O)N1CCC(c2nc3ccccc3o2)CC1. The molecule has 6 nitrogen and oxygen atoms in total. The van der Waals surface area contributed by atoms with E-state index in [1.165, 1.54) is 0 Å². The lowest BCUT2D eigenvalue weighted by Gasteiger charge is -2.30. The monoisotopic (exact) mass is 338 g/mol. The number of carbonyl (C=O) groups is 1. The summed E-state index contributed by atoms with van der Waals surface area (Å²) in [7, 11) is 1.87. The fourth-order valence-corrected chi connectivity index (χ4v) is 3.64. The Morgan fingerprint density at radius 3 is 2.56 bits per heavy atom. The van der Waals surface area contributed by atoms with E-state index in [0.717, 1.165) is 59.9 Å². The summed E-state index contributed by atoms with van der Waals surface area (Å²) < 4.78 is 7.67. The highest BCUT2D eigenvalue weighted by molar-refractivity contribution is 5.96. The predicted molar refractivity (Wildman–Crippen MR) is 94.6 cm³/mol. The molecule has 0 radical (unpaired) electrons. The molecule has 1 aliphatic heterocycles. The number of rotatable bonds is 2. The summed E-state index contributed by atoms with van der Waals surface area (Å²) in [6.07, 6.45) is 1.74. The summed E-state index contributed by atoms with van der Waals surface area (Å²) >= 11 is 0. The smallest absolute Gasteiger partial charge is 0.257 e. The summed E-state index contributed by atoms with van der Waals surface area (Å²) in [6.45, 7) is 5.27. The van der Waals surface area contributed by atoms with Gasteiger partial charge >= 0.3 is 0 Å². The third-order valence-electron chi connectivity index (χ3n) is 5.16. The van der Waals surface area contributed by atoms with Gasteiger partial charge in [0.05, 0.1) is 11.3 Å². The fraction of sp³-hybridized carbons (Fsp3) is 0.421. The molecule has 1 aromatic carbocycles. The van der Waals surface area contributed by atoms with E-state index >= 15 is 0 Å². The Bertz CT molecular complexity index is 899. The Morgan fingerprint density at radius 1 is 1.20 bits per heavy atom. The topological polar surface area (TPSA) is 64.2 Å². The van der Waals surface area contributed by atoms with E-state index in [9.17, 15) is 4.79 Å². The van der Waals surface area contributed by atoms with Crippen molar-refractivity contribution in [2.75, 3.05) is 13.1 Å². The zero-order valence-electron chi connectivity index (χ0n) is 14.8. The van der Waals surface area contributed by atoms with Gasteiger partial charge in [0.25, 0.3) is 5.91 Å². The maximum Gasteiger partial charge on any atom is 0.257 e. The van der Waals surface area contributed by atoms with Crippen molar-refractivity contribution in [2.24, 2.45) is 7.05 Å². The summed E-state index contributed by atoms with van der Waals surface area (Å²) in [5.41, 5.74) is 4.19. The molecule has 1 amide bonds. The van der Waals surface area contributed by atoms with Crippen LogP contribution in [0.3, 0.4) is 0 Å². The van der Waals surface area contributed by atoms with Gasteiger partial charge in [0.1, 0.15) is 5.52 Å². The Morgan fingerprint density at radius 2 is 1.92 bits per heavy atom. The van der Waals surface area contributed by atoms with Crippen LogP contribution in [0.25, 0.3) is 11.1 Å². The third kappa shape index (κ3) is 2.71. The van der Waals surface area contributed by atoms with Gasteiger partial charge in [-0.2, -0.15) is 5.10 Å². The minimum Gasteiger partial charge on any atom is -0.440 e. The second-order valence-corrected chi connectivity index (χ2v) is 6.76. The number of oxazole rings is 1. The number of aromatic nitrogens is 3. The van der Waals surface area contributed by atoms with E-state index < -0.39 is 0 Å². The van der Waals surface area contributed by atoms with E-state index in [-0.39, 0.29) is 11.8 Å². The molecular weight excluding hydrogens is 316 g/mol. The van der Waals surface area contributed by atoms with Crippen molar-refractivity contribution >= 4 is 17.0 Å². The molecule has 0 unspecified atom stereocenters. The highest BCUT2D eigenvalue weighted by Crippen LogP contribution is 2.30. The van der Waals surface area contributed by atoms with Crippen LogP contribution < -0.4 is 0 Å². The molecule has 1 fully saturated rings. The number of aryl methyl sites for hydroxylation is 2. The molecule has 0 bridgehead atoms. The first-order chi connectivity index (χ1) is 12.0. The molecule has 2 aromatic heterocycles. The van der Waals surface area contributed by atoms with Gasteiger partial charge in [-0.3, -0.25) is 9.48 Å². The van der Waals surface area contributed by atoms with Crippen molar-refractivity contribution < 1.29 is 9.21 Å². The number of nitrogens with zero attached hydrogens (tertiary/aromatic N) is 4. The second kappa shape index (κ2) is 6.02. The third-order valence-corrected chi connectivity index (χ3v) is 5.16. The number of likely N-dealkylation sites (tertiary alicyclic amines) is 1. The molecule has 0 aliphatic carbocycles. The summed E-state index contributed by atoms with van der Waals surface area (Å²) in [4.78, 5) is 19.4. The average Bonchev–Trinajstić information content (AvgIpc) is 3.15. The molecule has 130 valence electrons. The van der Waals surface area contributed by atoms with Crippen LogP contribution in [0.1, 0.15) is 46.4 Å². The number of para-hydroxylation sites is 2. The van der Waals surface area contributed by atoms with Crippen LogP contribution in [-0.2, 0) is 7.05 Å². The molecule has 0 atom stereocenters. The van der Waals surface area contributed by atoms with Crippen LogP contribution in [0.15, 0.2) is 28.7 Å². The first-order valence-electron chi connectivity index (χ1n) is 8.69. The van der Waals surface area contributed by atoms with Gasteiger partial charge in [0.2, 0.25) is 0 Å². The minimum absolute atomic E-state index is 0.0825. The van der Waals surface area contributed by atoms with Gasteiger partial charge in [-0.05, 0) is 38.8 Å². The van der Waals surface area contributed by atoms with Gasteiger partial charge in [-0.25, -0.2) is 4.98 Å². The first-order valence-corrected chi connectivity index (χ1v) is 8.69. The molecule has 1 saturated heterocycles. The summed E-state index contributed by atoms with van der Waals surface area (Å²) in [6, 6.07) is 7.83.